The summed E-state index contributed by atoms with van der Waals surface area (Å²) in [5.74, 6) is 0.0168. The third-order valence-corrected chi connectivity index (χ3v) is 1.92. The quantitative estimate of drug-likeness (QED) is 0.761. The lowest BCUT2D eigenvalue weighted by Gasteiger charge is -2.02. The molecule has 0 saturated heterocycles. The minimum absolute atomic E-state index is 0.233. The van der Waals surface area contributed by atoms with E-state index in [1.165, 1.54) is 22.9 Å². The van der Waals surface area contributed by atoms with Crippen LogP contribution in [0.2, 0.25) is 0 Å². The Morgan fingerprint density at radius 1 is 1.33 bits per heavy atom. The van der Waals surface area contributed by atoms with Gasteiger partial charge in [-0.05, 0) is 24.3 Å². The maximum atomic E-state index is 12.7. The number of nitrogen functional groups attached to an aromatic ring is 1. The zero-order chi connectivity index (χ0) is 10.8. The minimum Gasteiger partial charge on any atom is -0.384 e. The second-order valence-corrected chi connectivity index (χ2v) is 2.95. The lowest BCUT2D eigenvalue weighted by atomic mass is 10.3. The first-order valence-electron chi connectivity index (χ1n) is 4.22. The molecule has 0 aliphatic carbocycles. The molecule has 1 aromatic carbocycles. The summed E-state index contributed by atoms with van der Waals surface area (Å²) >= 11 is 0. The molecule has 1 aromatic heterocycles. The highest BCUT2D eigenvalue weighted by atomic mass is 19.1. The molecule has 0 radical (unpaired) electrons. The van der Waals surface area contributed by atoms with Gasteiger partial charge in [0, 0.05) is 6.07 Å². The number of anilines is 1. The molecular weight excluding hydrogens is 195 g/mol. The molecule has 15 heavy (non-hydrogen) atoms. The second-order valence-electron chi connectivity index (χ2n) is 2.95. The molecule has 74 valence electrons. The van der Waals surface area contributed by atoms with Crippen LogP contribution in [-0.2, 0) is 0 Å². The molecular formula is C10H7FN4. The predicted molar refractivity (Wildman–Crippen MR) is 52.6 cm³/mol. The normalized spacial score (nSPS) is 9.87. The molecule has 0 atom stereocenters. The van der Waals surface area contributed by atoms with Crippen LogP contribution in [0.25, 0.3) is 5.69 Å². The molecule has 0 bridgehead atoms. The highest BCUT2D eigenvalue weighted by molar-refractivity contribution is 5.45. The van der Waals surface area contributed by atoms with Gasteiger partial charge < -0.3 is 5.73 Å². The Morgan fingerprint density at radius 2 is 2.00 bits per heavy atom. The maximum Gasteiger partial charge on any atom is 0.165 e. The topological polar surface area (TPSA) is 67.6 Å². The van der Waals surface area contributed by atoms with E-state index in [0.29, 0.717) is 11.5 Å². The van der Waals surface area contributed by atoms with Gasteiger partial charge in [-0.1, -0.05) is 0 Å². The first kappa shape index (κ1) is 9.21. The van der Waals surface area contributed by atoms with E-state index in [-0.39, 0.29) is 11.5 Å². The van der Waals surface area contributed by atoms with E-state index in [1.54, 1.807) is 12.1 Å². The van der Waals surface area contributed by atoms with Gasteiger partial charge in [-0.2, -0.15) is 10.4 Å². The fourth-order valence-corrected chi connectivity index (χ4v) is 1.24. The largest absolute Gasteiger partial charge is 0.384 e. The summed E-state index contributed by atoms with van der Waals surface area (Å²) in [6.45, 7) is 0. The van der Waals surface area contributed by atoms with Gasteiger partial charge in [0.2, 0.25) is 0 Å². The summed E-state index contributed by atoms with van der Waals surface area (Å²) in [6, 6.07) is 9.04. The molecule has 1 heterocycles. The molecule has 0 spiro atoms. The van der Waals surface area contributed by atoms with Crippen molar-refractivity contribution < 1.29 is 4.39 Å². The first-order valence-corrected chi connectivity index (χ1v) is 4.22. The molecule has 2 rings (SSSR count). The standard InChI is InChI=1S/C10H7FN4/c11-7-1-3-9(4-2-7)15-10(13)5-8(6-12)14-15/h1-5H,13H2. The van der Waals surface area contributed by atoms with E-state index in [0.717, 1.165) is 0 Å². The Balaban J connectivity index is 2.50. The van der Waals surface area contributed by atoms with E-state index in [1.807, 2.05) is 6.07 Å². The molecule has 4 nitrogen and oxygen atoms in total. The van der Waals surface area contributed by atoms with Crippen LogP contribution in [-0.4, -0.2) is 9.78 Å². The highest BCUT2D eigenvalue weighted by Gasteiger charge is 2.05. The van der Waals surface area contributed by atoms with Crippen LogP contribution in [0, 0.1) is 17.1 Å². The van der Waals surface area contributed by atoms with Crippen LogP contribution in [0.1, 0.15) is 5.69 Å². The average molecular weight is 202 g/mol. The molecule has 2 aromatic rings. The Hall–Kier alpha value is -2.35. The number of rotatable bonds is 1. The zero-order valence-corrected chi connectivity index (χ0v) is 7.68. The van der Waals surface area contributed by atoms with Gasteiger partial charge in [0.15, 0.2) is 5.69 Å². The number of nitrogens with two attached hydrogens (primary N) is 1. The minimum atomic E-state index is -0.329. The number of halogens is 1. The van der Waals surface area contributed by atoms with Crippen LogP contribution in [0.3, 0.4) is 0 Å². The van der Waals surface area contributed by atoms with Gasteiger partial charge in [-0.25, -0.2) is 9.07 Å². The monoisotopic (exact) mass is 202 g/mol. The van der Waals surface area contributed by atoms with Gasteiger partial charge >= 0.3 is 0 Å². The number of hydrogen-bond acceptors (Lipinski definition) is 3. The number of aromatic nitrogens is 2. The molecule has 0 aliphatic rings. The number of nitrogens with zero attached hydrogens (tertiary/aromatic N) is 3. The van der Waals surface area contributed by atoms with Crippen molar-refractivity contribution in [2.75, 3.05) is 5.73 Å². The van der Waals surface area contributed by atoms with Crippen LogP contribution in [0.5, 0.6) is 0 Å². The van der Waals surface area contributed by atoms with Crippen molar-refractivity contribution in [3.63, 3.8) is 0 Å². The summed E-state index contributed by atoms with van der Waals surface area (Å²) in [4.78, 5) is 0. The molecule has 5 heteroatoms. The van der Waals surface area contributed by atoms with Crippen molar-refractivity contribution in [2.45, 2.75) is 0 Å². The molecule has 0 saturated carbocycles. The first-order chi connectivity index (χ1) is 7.20. The fourth-order valence-electron chi connectivity index (χ4n) is 1.24. The summed E-state index contributed by atoms with van der Waals surface area (Å²) in [5.41, 5.74) is 6.50. The van der Waals surface area contributed by atoms with E-state index >= 15 is 0 Å². The Morgan fingerprint density at radius 3 is 2.53 bits per heavy atom. The number of nitriles is 1. The van der Waals surface area contributed by atoms with Gasteiger partial charge in [-0.3, -0.25) is 0 Å². The summed E-state index contributed by atoms with van der Waals surface area (Å²) in [6.07, 6.45) is 0. The Labute approximate surface area is 85.4 Å². The Bertz CT molecular complexity index is 521. The lowest BCUT2D eigenvalue weighted by Crippen LogP contribution is -2.01. The van der Waals surface area contributed by atoms with Gasteiger partial charge in [-0.15, -0.1) is 0 Å². The average Bonchev–Trinajstić information content (AvgIpc) is 2.61. The van der Waals surface area contributed by atoms with Crippen molar-refractivity contribution in [3.8, 4) is 11.8 Å². The van der Waals surface area contributed by atoms with E-state index < -0.39 is 0 Å². The highest BCUT2D eigenvalue weighted by Crippen LogP contribution is 2.14. The lowest BCUT2D eigenvalue weighted by molar-refractivity contribution is 0.627. The van der Waals surface area contributed by atoms with E-state index in [2.05, 4.69) is 5.10 Å². The van der Waals surface area contributed by atoms with Crippen LogP contribution >= 0.6 is 0 Å². The molecule has 0 aliphatic heterocycles. The zero-order valence-electron chi connectivity index (χ0n) is 7.68. The van der Waals surface area contributed by atoms with E-state index in [4.69, 9.17) is 11.0 Å². The van der Waals surface area contributed by atoms with Crippen LogP contribution in [0.4, 0.5) is 10.2 Å². The van der Waals surface area contributed by atoms with Crippen LogP contribution < -0.4 is 5.73 Å². The maximum absolute atomic E-state index is 12.7. The molecule has 2 N–H and O–H groups in total. The van der Waals surface area contributed by atoms with Crippen LogP contribution in [0.15, 0.2) is 30.3 Å². The molecule has 0 amide bonds. The van der Waals surface area contributed by atoms with Crippen molar-refractivity contribution >= 4 is 5.82 Å². The van der Waals surface area contributed by atoms with Crippen molar-refractivity contribution in [1.29, 1.82) is 5.26 Å². The smallest absolute Gasteiger partial charge is 0.165 e. The van der Waals surface area contributed by atoms with Gasteiger partial charge in [0.1, 0.15) is 17.7 Å². The van der Waals surface area contributed by atoms with E-state index in [9.17, 15) is 4.39 Å². The SMILES string of the molecule is N#Cc1cc(N)n(-c2ccc(F)cc2)n1. The fraction of sp³-hybridized carbons (Fsp3) is 0. The summed E-state index contributed by atoms with van der Waals surface area (Å²) < 4.78 is 14.0. The Kier molecular flexibility index (Phi) is 2.10. The van der Waals surface area contributed by atoms with Gasteiger partial charge in [0.25, 0.3) is 0 Å². The second kappa shape index (κ2) is 3.42. The third-order valence-electron chi connectivity index (χ3n) is 1.92. The summed E-state index contributed by atoms with van der Waals surface area (Å²) in [7, 11) is 0. The summed E-state index contributed by atoms with van der Waals surface area (Å²) in [5, 5.41) is 12.6. The van der Waals surface area contributed by atoms with Crippen molar-refractivity contribution in [1.82, 2.24) is 9.78 Å². The van der Waals surface area contributed by atoms with Gasteiger partial charge in [0.05, 0.1) is 5.69 Å². The van der Waals surface area contributed by atoms with Crippen molar-refractivity contribution in [3.05, 3.63) is 41.8 Å². The predicted octanol–water partition coefficient (Wildman–Crippen LogP) is 1.47. The third kappa shape index (κ3) is 1.65. The molecule has 0 unspecified atom stereocenters. The van der Waals surface area contributed by atoms with Crippen molar-refractivity contribution in [2.24, 2.45) is 0 Å². The molecule has 0 fully saturated rings. The number of hydrogen-bond donors (Lipinski definition) is 1. The number of benzene rings is 1.